The van der Waals surface area contributed by atoms with Crippen molar-refractivity contribution in [2.75, 3.05) is 6.54 Å². The maximum Gasteiger partial charge on any atom is 0.244 e. The fraction of sp³-hybridized carbons (Fsp3) is 0.500. The molecular formula is C8H13NO2. The first-order chi connectivity index (χ1) is 5.16. The van der Waals surface area contributed by atoms with E-state index in [9.17, 15) is 9.59 Å². The first kappa shape index (κ1) is 9.88. The number of carbonyl (C=O) groups excluding carboxylic acids is 2. The molecule has 0 aliphatic heterocycles. The number of amides is 1. The molecule has 0 aliphatic carbocycles. The van der Waals surface area contributed by atoms with E-state index in [0.29, 0.717) is 18.7 Å². The minimum absolute atomic E-state index is 0.217. The van der Waals surface area contributed by atoms with Crippen LogP contribution in [0.15, 0.2) is 12.2 Å². The van der Waals surface area contributed by atoms with Crippen LogP contribution in [0.1, 0.15) is 13.8 Å². The van der Waals surface area contributed by atoms with Crippen molar-refractivity contribution in [2.45, 2.75) is 13.8 Å². The summed E-state index contributed by atoms with van der Waals surface area (Å²) in [5.41, 5.74) is 0. The lowest BCUT2D eigenvalue weighted by Crippen LogP contribution is -2.25. The lowest BCUT2D eigenvalue weighted by atomic mass is 10.2. The molecule has 0 radical (unpaired) electrons. The van der Waals surface area contributed by atoms with Crippen molar-refractivity contribution in [3.05, 3.63) is 12.2 Å². The Balaban J connectivity index is 3.53. The van der Waals surface area contributed by atoms with E-state index in [1.54, 1.807) is 0 Å². The van der Waals surface area contributed by atoms with Crippen molar-refractivity contribution in [3.8, 4) is 0 Å². The third-order valence-corrected chi connectivity index (χ3v) is 1.01. The molecule has 0 fully saturated rings. The number of nitrogens with one attached hydrogen (secondary N) is 1. The second kappa shape index (κ2) is 5.65. The summed E-state index contributed by atoms with van der Waals surface area (Å²) in [6, 6.07) is 0. The molecule has 0 aromatic carbocycles. The van der Waals surface area contributed by atoms with Gasteiger partial charge in [0, 0.05) is 12.6 Å². The van der Waals surface area contributed by atoms with Crippen LogP contribution < -0.4 is 5.32 Å². The zero-order chi connectivity index (χ0) is 8.69. The van der Waals surface area contributed by atoms with E-state index in [1.807, 2.05) is 13.8 Å². The highest BCUT2D eigenvalue weighted by atomic mass is 16.1. The molecule has 0 saturated heterocycles. The Kier molecular flexibility index (Phi) is 5.07. The highest BCUT2D eigenvalue weighted by Crippen LogP contribution is 1.86. The highest BCUT2D eigenvalue weighted by molar-refractivity contribution is 5.90. The smallest absolute Gasteiger partial charge is 0.244 e. The molecule has 0 spiro atoms. The van der Waals surface area contributed by atoms with E-state index in [2.05, 4.69) is 5.32 Å². The second-order valence-electron chi connectivity index (χ2n) is 2.63. The number of hydrogen-bond donors (Lipinski definition) is 1. The first-order valence-electron chi connectivity index (χ1n) is 3.56. The molecule has 0 saturated carbocycles. The van der Waals surface area contributed by atoms with Gasteiger partial charge in [-0.15, -0.1) is 0 Å². The van der Waals surface area contributed by atoms with Gasteiger partial charge in [-0.2, -0.15) is 0 Å². The van der Waals surface area contributed by atoms with Crippen LogP contribution >= 0.6 is 0 Å². The molecule has 0 bridgehead atoms. The van der Waals surface area contributed by atoms with Crippen molar-refractivity contribution < 1.29 is 9.59 Å². The minimum atomic E-state index is -0.217. The van der Waals surface area contributed by atoms with Crippen molar-refractivity contribution in [3.63, 3.8) is 0 Å². The largest absolute Gasteiger partial charge is 0.352 e. The number of carbonyl (C=O) groups is 2. The van der Waals surface area contributed by atoms with Crippen LogP contribution in [0.2, 0.25) is 0 Å². The summed E-state index contributed by atoms with van der Waals surface area (Å²) in [7, 11) is 0. The molecule has 0 aromatic heterocycles. The number of allylic oxidation sites excluding steroid dienone is 1. The average molecular weight is 155 g/mol. The Morgan fingerprint density at radius 2 is 2.18 bits per heavy atom. The summed E-state index contributed by atoms with van der Waals surface area (Å²) in [5.74, 6) is 0.217. The van der Waals surface area contributed by atoms with Crippen molar-refractivity contribution >= 4 is 12.2 Å². The fourth-order valence-corrected chi connectivity index (χ4v) is 0.490. The molecule has 1 amide bonds. The van der Waals surface area contributed by atoms with Gasteiger partial charge in [0.25, 0.3) is 0 Å². The van der Waals surface area contributed by atoms with Crippen LogP contribution in [-0.2, 0) is 9.59 Å². The SMILES string of the molecule is CC(C)CNC(=O)/C=C\C=O. The summed E-state index contributed by atoms with van der Waals surface area (Å²) in [6.45, 7) is 4.65. The maximum absolute atomic E-state index is 10.7. The zero-order valence-electron chi connectivity index (χ0n) is 6.83. The molecule has 3 heteroatoms. The minimum Gasteiger partial charge on any atom is -0.352 e. The maximum atomic E-state index is 10.7. The lowest BCUT2D eigenvalue weighted by Gasteiger charge is -2.03. The van der Waals surface area contributed by atoms with Gasteiger partial charge in [0.2, 0.25) is 5.91 Å². The van der Waals surface area contributed by atoms with Crippen LogP contribution in [0.5, 0.6) is 0 Å². The number of rotatable bonds is 4. The van der Waals surface area contributed by atoms with Gasteiger partial charge in [-0.05, 0) is 12.0 Å². The van der Waals surface area contributed by atoms with Gasteiger partial charge in [-0.1, -0.05) is 13.8 Å². The molecule has 3 nitrogen and oxygen atoms in total. The van der Waals surface area contributed by atoms with Gasteiger partial charge in [0.05, 0.1) is 0 Å². The van der Waals surface area contributed by atoms with Crippen LogP contribution in [0, 0.1) is 5.92 Å². The fourth-order valence-electron chi connectivity index (χ4n) is 0.490. The van der Waals surface area contributed by atoms with Crippen LogP contribution in [0.3, 0.4) is 0 Å². The Morgan fingerprint density at radius 1 is 1.55 bits per heavy atom. The topological polar surface area (TPSA) is 46.2 Å². The molecule has 0 atom stereocenters. The van der Waals surface area contributed by atoms with E-state index in [-0.39, 0.29) is 5.91 Å². The average Bonchev–Trinajstić information content (AvgIpc) is 1.97. The molecule has 0 unspecified atom stereocenters. The van der Waals surface area contributed by atoms with Crippen LogP contribution in [0.4, 0.5) is 0 Å². The normalized spacial score (nSPS) is 10.5. The summed E-state index contributed by atoms with van der Waals surface area (Å²) in [5, 5.41) is 2.63. The molecule has 0 heterocycles. The lowest BCUT2D eigenvalue weighted by molar-refractivity contribution is -0.116. The summed E-state index contributed by atoms with van der Waals surface area (Å²) >= 11 is 0. The summed E-state index contributed by atoms with van der Waals surface area (Å²) in [6.07, 6.45) is 2.97. The highest BCUT2D eigenvalue weighted by Gasteiger charge is 1.95. The number of hydrogen-bond acceptors (Lipinski definition) is 2. The van der Waals surface area contributed by atoms with Gasteiger partial charge >= 0.3 is 0 Å². The predicted octanol–water partition coefficient (Wildman–Crippen LogP) is 0.514. The Hall–Kier alpha value is -1.12. The van der Waals surface area contributed by atoms with E-state index in [0.717, 1.165) is 0 Å². The second-order valence-corrected chi connectivity index (χ2v) is 2.63. The molecule has 0 aromatic rings. The zero-order valence-corrected chi connectivity index (χ0v) is 6.83. The van der Waals surface area contributed by atoms with Crippen molar-refractivity contribution in [1.29, 1.82) is 0 Å². The Bertz CT molecular complexity index is 161. The first-order valence-corrected chi connectivity index (χ1v) is 3.56. The van der Waals surface area contributed by atoms with Gasteiger partial charge in [0.1, 0.15) is 6.29 Å². The molecular weight excluding hydrogens is 142 g/mol. The third kappa shape index (κ3) is 6.77. The van der Waals surface area contributed by atoms with E-state index < -0.39 is 0 Å². The molecule has 0 rings (SSSR count). The Morgan fingerprint density at radius 3 is 2.64 bits per heavy atom. The Labute approximate surface area is 66.5 Å². The van der Waals surface area contributed by atoms with Crippen LogP contribution in [-0.4, -0.2) is 18.7 Å². The summed E-state index contributed by atoms with van der Waals surface area (Å²) in [4.78, 5) is 20.5. The number of aldehydes is 1. The van der Waals surface area contributed by atoms with E-state index >= 15 is 0 Å². The van der Waals surface area contributed by atoms with Crippen molar-refractivity contribution in [2.24, 2.45) is 5.92 Å². The van der Waals surface area contributed by atoms with E-state index in [4.69, 9.17) is 0 Å². The van der Waals surface area contributed by atoms with Gasteiger partial charge < -0.3 is 5.32 Å². The van der Waals surface area contributed by atoms with Gasteiger partial charge in [0.15, 0.2) is 0 Å². The standard InChI is InChI=1S/C8H13NO2/c1-7(2)6-9-8(11)4-3-5-10/h3-5,7H,6H2,1-2H3,(H,9,11)/b4-3-. The molecule has 11 heavy (non-hydrogen) atoms. The van der Waals surface area contributed by atoms with Crippen molar-refractivity contribution in [1.82, 2.24) is 5.32 Å². The third-order valence-electron chi connectivity index (χ3n) is 1.01. The quantitative estimate of drug-likeness (QED) is 0.475. The predicted molar refractivity (Wildman–Crippen MR) is 43.1 cm³/mol. The van der Waals surface area contributed by atoms with Gasteiger partial charge in [-0.25, -0.2) is 0 Å². The molecule has 62 valence electrons. The van der Waals surface area contributed by atoms with Gasteiger partial charge in [-0.3, -0.25) is 9.59 Å². The monoisotopic (exact) mass is 155 g/mol. The van der Waals surface area contributed by atoms with Crippen LogP contribution in [0.25, 0.3) is 0 Å². The molecule has 1 N–H and O–H groups in total. The summed E-state index contributed by atoms with van der Waals surface area (Å²) < 4.78 is 0. The van der Waals surface area contributed by atoms with E-state index in [1.165, 1.54) is 12.2 Å². The molecule has 0 aliphatic rings.